The Labute approximate surface area is 116 Å². The Morgan fingerprint density at radius 1 is 1.11 bits per heavy atom. The highest BCUT2D eigenvalue weighted by Crippen LogP contribution is 2.27. The minimum atomic E-state index is 0.662. The molecule has 1 atom stereocenters. The molecule has 1 unspecified atom stereocenters. The van der Waals surface area contributed by atoms with Crippen molar-refractivity contribution in [3.63, 3.8) is 0 Å². The Morgan fingerprint density at radius 2 is 1.84 bits per heavy atom. The quantitative estimate of drug-likeness (QED) is 0.826. The Balaban J connectivity index is 1.56. The van der Waals surface area contributed by atoms with Gasteiger partial charge in [-0.15, -0.1) is 0 Å². The van der Waals surface area contributed by atoms with E-state index in [2.05, 4.69) is 41.0 Å². The van der Waals surface area contributed by atoms with Crippen molar-refractivity contribution in [2.45, 2.75) is 19.4 Å². The fourth-order valence-corrected chi connectivity index (χ4v) is 3.23. The molecule has 1 fully saturated rings. The predicted molar refractivity (Wildman–Crippen MR) is 77.4 cm³/mol. The summed E-state index contributed by atoms with van der Waals surface area (Å²) in [6, 6.07) is 8.90. The highest BCUT2D eigenvalue weighted by molar-refractivity contribution is 5.32. The van der Waals surface area contributed by atoms with Crippen molar-refractivity contribution < 1.29 is 4.74 Å². The molecule has 0 amide bonds. The van der Waals surface area contributed by atoms with Gasteiger partial charge in [0.1, 0.15) is 0 Å². The molecular formula is C16H24N2O. The van der Waals surface area contributed by atoms with E-state index in [9.17, 15) is 0 Å². The minimum Gasteiger partial charge on any atom is -0.379 e. The molecule has 2 aliphatic heterocycles. The van der Waals surface area contributed by atoms with Gasteiger partial charge in [0, 0.05) is 39.3 Å². The SMILES string of the molecule is CC1CN(CCN2CCOCC2)Cc2ccccc21. The first-order chi connectivity index (χ1) is 9.33. The van der Waals surface area contributed by atoms with Crippen LogP contribution in [-0.4, -0.2) is 55.7 Å². The zero-order chi connectivity index (χ0) is 13.1. The summed E-state index contributed by atoms with van der Waals surface area (Å²) in [6.07, 6.45) is 0. The summed E-state index contributed by atoms with van der Waals surface area (Å²) < 4.78 is 5.40. The van der Waals surface area contributed by atoms with Crippen LogP contribution in [0.1, 0.15) is 24.0 Å². The first kappa shape index (κ1) is 13.1. The van der Waals surface area contributed by atoms with E-state index in [-0.39, 0.29) is 0 Å². The maximum Gasteiger partial charge on any atom is 0.0594 e. The van der Waals surface area contributed by atoms with Gasteiger partial charge < -0.3 is 4.74 Å². The van der Waals surface area contributed by atoms with Gasteiger partial charge in [-0.3, -0.25) is 9.80 Å². The van der Waals surface area contributed by atoms with Crippen LogP contribution in [0.4, 0.5) is 0 Å². The number of rotatable bonds is 3. The average molecular weight is 260 g/mol. The van der Waals surface area contributed by atoms with E-state index in [1.165, 1.54) is 25.2 Å². The van der Waals surface area contributed by atoms with Crippen LogP contribution in [0.5, 0.6) is 0 Å². The molecule has 1 aromatic rings. The number of benzene rings is 1. The molecular weight excluding hydrogens is 236 g/mol. The highest BCUT2D eigenvalue weighted by Gasteiger charge is 2.22. The number of hydrogen-bond donors (Lipinski definition) is 0. The van der Waals surface area contributed by atoms with Crippen molar-refractivity contribution in [1.82, 2.24) is 9.80 Å². The fourth-order valence-electron chi connectivity index (χ4n) is 3.23. The van der Waals surface area contributed by atoms with E-state index < -0.39 is 0 Å². The summed E-state index contributed by atoms with van der Waals surface area (Å²) in [5.74, 6) is 0.662. The maximum absolute atomic E-state index is 5.40. The summed E-state index contributed by atoms with van der Waals surface area (Å²) in [5.41, 5.74) is 3.06. The number of hydrogen-bond acceptors (Lipinski definition) is 3. The molecule has 0 aromatic heterocycles. The van der Waals surface area contributed by atoms with Crippen LogP contribution < -0.4 is 0 Å². The molecule has 0 bridgehead atoms. The molecule has 0 spiro atoms. The Morgan fingerprint density at radius 3 is 2.68 bits per heavy atom. The topological polar surface area (TPSA) is 15.7 Å². The molecule has 0 N–H and O–H groups in total. The van der Waals surface area contributed by atoms with Crippen LogP contribution in [0.25, 0.3) is 0 Å². The average Bonchev–Trinajstić information content (AvgIpc) is 2.46. The van der Waals surface area contributed by atoms with Crippen LogP contribution >= 0.6 is 0 Å². The molecule has 0 saturated carbocycles. The van der Waals surface area contributed by atoms with E-state index in [0.29, 0.717) is 5.92 Å². The maximum atomic E-state index is 5.40. The van der Waals surface area contributed by atoms with E-state index in [1.807, 2.05) is 0 Å². The molecule has 2 heterocycles. The van der Waals surface area contributed by atoms with Crippen molar-refractivity contribution in [2.75, 3.05) is 45.9 Å². The Bertz CT molecular complexity index is 415. The normalized spacial score (nSPS) is 25.2. The van der Waals surface area contributed by atoms with Gasteiger partial charge in [-0.2, -0.15) is 0 Å². The zero-order valence-corrected chi connectivity index (χ0v) is 11.8. The van der Waals surface area contributed by atoms with Crippen molar-refractivity contribution in [2.24, 2.45) is 0 Å². The summed E-state index contributed by atoms with van der Waals surface area (Å²) in [4.78, 5) is 5.12. The molecule has 19 heavy (non-hydrogen) atoms. The summed E-state index contributed by atoms with van der Waals surface area (Å²) >= 11 is 0. The highest BCUT2D eigenvalue weighted by atomic mass is 16.5. The molecule has 1 saturated heterocycles. The second-order valence-corrected chi connectivity index (χ2v) is 5.79. The summed E-state index contributed by atoms with van der Waals surface area (Å²) in [5, 5.41) is 0. The van der Waals surface area contributed by atoms with Crippen LogP contribution in [0.15, 0.2) is 24.3 Å². The van der Waals surface area contributed by atoms with E-state index >= 15 is 0 Å². The van der Waals surface area contributed by atoms with Gasteiger partial charge in [0.15, 0.2) is 0 Å². The largest absolute Gasteiger partial charge is 0.379 e. The zero-order valence-electron chi connectivity index (χ0n) is 11.8. The minimum absolute atomic E-state index is 0.662. The van der Waals surface area contributed by atoms with Crippen LogP contribution in [-0.2, 0) is 11.3 Å². The van der Waals surface area contributed by atoms with Gasteiger partial charge in [-0.1, -0.05) is 31.2 Å². The predicted octanol–water partition coefficient (Wildman–Crippen LogP) is 1.94. The number of nitrogens with zero attached hydrogens (tertiary/aromatic N) is 2. The number of morpholine rings is 1. The van der Waals surface area contributed by atoms with Crippen LogP contribution in [0, 0.1) is 0 Å². The van der Waals surface area contributed by atoms with Crippen molar-refractivity contribution in [3.05, 3.63) is 35.4 Å². The number of fused-ring (bicyclic) bond motifs is 1. The first-order valence-electron chi connectivity index (χ1n) is 7.43. The van der Waals surface area contributed by atoms with E-state index in [1.54, 1.807) is 5.56 Å². The van der Waals surface area contributed by atoms with Gasteiger partial charge in [-0.05, 0) is 17.0 Å². The van der Waals surface area contributed by atoms with Gasteiger partial charge in [0.25, 0.3) is 0 Å². The monoisotopic (exact) mass is 260 g/mol. The lowest BCUT2D eigenvalue weighted by Gasteiger charge is -2.35. The fraction of sp³-hybridized carbons (Fsp3) is 0.625. The first-order valence-corrected chi connectivity index (χ1v) is 7.43. The van der Waals surface area contributed by atoms with Crippen LogP contribution in [0.2, 0.25) is 0 Å². The Hall–Kier alpha value is -0.900. The van der Waals surface area contributed by atoms with Gasteiger partial charge in [-0.25, -0.2) is 0 Å². The second kappa shape index (κ2) is 6.04. The molecule has 0 aliphatic carbocycles. The molecule has 2 aliphatic rings. The lowest BCUT2D eigenvalue weighted by Crippen LogP contribution is -2.43. The third kappa shape index (κ3) is 3.16. The third-order valence-corrected chi connectivity index (χ3v) is 4.35. The molecule has 3 nitrogen and oxygen atoms in total. The smallest absolute Gasteiger partial charge is 0.0594 e. The second-order valence-electron chi connectivity index (χ2n) is 5.79. The standard InChI is InChI=1S/C16H24N2O/c1-14-12-18(7-6-17-8-10-19-11-9-17)13-15-4-2-3-5-16(14)15/h2-5,14H,6-13H2,1H3. The van der Waals surface area contributed by atoms with Gasteiger partial charge >= 0.3 is 0 Å². The van der Waals surface area contributed by atoms with Gasteiger partial charge in [0.2, 0.25) is 0 Å². The van der Waals surface area contributed by atoms with Crippen molar-refractivity contribution in [1.29, 1.82) is 0 Å². The Kier molecular flexibility index (Phi) is 4.16. The lowest BCUT2D eigenvalue weighted by molar-refractivity contribution is 0.0322. The summed E-state index contributed by atoms with van der Waals surface area (Å²) in [6.45, 7) is 11.0. The molecule has 0 radical (unpaired) electrons. The molecule has 104 valence electrons. The van der Waals surface area contributed by atoms with Crippen LogP contribution in [0.3, 0.4) is 0 Å². The van der Waals surface area contributed by atoms with E-state index in [4.69, 9.17) is 4.74 Å². The summed E-state index contributed by atoms with van der Waals surface area (Å²) in [7, 11) is 0. The third-order valence-electron chi connectivity index (χ3n) is 4.35. The van der Waals surface area contributed by atoms with Crippen molar-refractivity contribution >= 4 is 0 Å². The molecule has 3 heteroatoms. The van der Waals surface area contributed by atoms with E-state index in [0.717, 1.165) is 32.8 Å². The lowest BCUT2D eigenvalue weighted by atomic mass is 9.91. The van der Waals surface area contributed by atoms with Gasteiger partial charge in [0.05, 0.1) is 13.2 Å². The molecule has 3 rings (SSSR count). The molecule has 1 aromatic carbocycles. The van der Waals surface area contributed by atoms with Crippen molar-refractivity contribution in [3.8, 4) is 0 Å². The number of ether oxygens (including phenoxy) is 1.